The van der Waals surface area contributed by atoms with E-state index >= 15 is 0 Å². The molecule has 0 spiro atoms. The number of likely N-dealkylation sites (tertiary alicyclic amines) is 1. The summed E-state index contributed by atoms with van der Waals surface area (Å²) in [4.78, 5) is 28.2. The lowest BCUT2D eigenvalue weighted by Crippen LogP contribution is -2.41. The van der Waals surface area contributed by atoms with Gasteiger partial charge in [0.1, 0.15) is 0 Å². The Morgan fingerprint density at radius 1 is 1.11 bits per heavy atom. The third-order valence-electron chi connectivity index (χ3n) is 5.12. The standard InChI is InChI=1S/C21H27N3O2S/c1-15-7-8-17(12-16(15)2)21(26)23-14-20(25)22-13-18(19-6-5-11-27-19)24-9-3-4-10-24/h5-8,11-12,18H,3-4,9-10,13-14H2,1-2H3,(H,22,25)(H,23,26). The van der Waals surface area contributed by atoms with Crippen molar-refractivity contribution in [2.75, 3.05) is 26.2 Å². The van der Waals surface area contributed by atoms with Gasteiger partial charge in [0.15, 0.2) is 0 Å². The van der Waals surface area contributed by atoms with Crippen LogP contribution in [0.2, 0.25) is 0 Å². The molecule has 0 aliphatic carbocycles. The maximum atomic E-state index is 12.2. The van der Waals surface area contributed by atoms with Crippen LogP contribution < -0.4 is 10.6 Å². The average molecular weight is 386 g/mol. The predicted molar refractivity (Wildman–Crippen MR) is 109 cm³/mol. The fraction of sp³-hybridized carbons (Fsp3) is 0.429. The van der Waals surface area contributed by atoms with E-state index < -0.39 is 0 Å². The molecule has 0 radical (unpaired) electrons. The number of nitrogens with one attached hydrogen (secondary N) is 2. The van der Waals surface area contributed by atoms with Gasteiger partial charge in [-0.05, 0) is 74.5 Å². The van der Waals surface area contributed by atoms with Crippen molar-refractivity contribution in [1.29, 1.82) is 0 Å². The number of hydrogen-bond acceptors (Lipinski definition) is 4. The van der Waals surface area contributed by atoms with Gasteiger partial charge in [0.2, 0.25) is 5.91 Å². The second-order valence-corrected chi connectivity index (χ2v) is 8.04. The fourth-order valence-electron chi connectivity index (χ4n) is 3.36. The number of benzene rings is 1. The highest BCUT2D eigenvalue weighted by Gasteiger charge is 2.24. The van der Waals surface area contributed by atoms with Crippen molar-refractivity contribution in [2.45, 2.75) is 32.7 Å². The van der Waals surface area contributed by atoms with E-state index in [0.29, 0.717) is 12.1 Å². The largest absolute Gasteiger partial charge is 0.353 e. The molecule has 2 amide bonds. The van der Waals surface area contributed by atoms with Gasteiger partial charge in [0.05, 0.1) is 12.6 Å². The van der Waals surface area contributed by atoms with Crippen LogP contribution in [-0.4, -0.2) is 42.9 Å². The Kier molecular flexibility index (Phi) is 6.63. The first-order valence-electron chi connectivity index (χ1n) is 9.44. The van der Waals surface area contributed by atoms with Crippen molar-refractivity contribution in [2.24, 2.45) is 0 Å². The quantitative estimate of drug-likeness (QED) is 0.770. The number of aryl methyl sites for hydroxylation is 2. The van der Waals surface area contributed by atoms with Crippen LogP contribution in [0.3, 0.4) is 0 Å². The van der Waals surface area contributed by atoms with Gasteiger partial charge >= 0.3 is 0 Å². The molecule has 6 heteroatoms. The van der Waals surface area contributed by atoms with E-state index in [1.54, 1.807) is 17.4 Å². The zero-order valence-electron chi connectivity index (χ0n) is 16.0. The Morgan fingerprint density at radius 3 is 2.56 bits per heavy atom. The van der Waals surface area contributed by atoms with E-state index in [4.69, 9.17) is 0 Å². The molecule has 1 aromatic heterocycles. The molecule has 1 aliphatic rings. The number of rotatable bonds is 7. The van der Waals surface area contributed by atoms with Gasteiger partial charge in [-0.15, -0.1) is 11.3 Å². The van der Waals surface area contributed by atoms with Gasteiger partial charge in [-0.1, -0.05) is 12.1 Å². The lowest BCUT2D eigenvalue weighted by molar-refractivity contribution is -0.120. The Hall–Kier alpha value is -2.18. The lowest BCUT2D eigenvalue weighted by atomic mass is 10.1. The van der Waals surface area contributed by atoms with Crippen LogP contribution in [0, 0.1) is 13.8 Å². The SMILES string of the molecule is Cc1ccc(C(=O)NCC(=O)NCC(c2cccs2)N2CCCC2)cc1C. The van der Waals surface area contributed by atoms with Gasteiger partial charge < -0.3 is 10.6 Å². The minimum Gasteiger partial charge on any atom is -0.353 e. The van der Waals surface area contributed by atoms with Gasteiger partial charge in [0, 0.05) is 17.0 Å². The number of hydrogen-bond donors (Lipinski definition) is 2. The Balaban J connectivity index is 1.50. The summed E-state index contributed by atoms with van der Waals surface area (Å²) in [6.45, 7) is 6.68. The molecule has 0 saturated carbocycles. The smallest absolute Gasteiger partial charge is 0.251 e. The van der Waals surface area contributed by atoms with E-state index in [0.717, 1.165) is 24.2 Å². The van der Waals surface area contributed by atoms with Gasteiger partial charge in [-0.25, -0.2) is 0 Å². The molecule has 2 aromatic rings. The van der Waals surface area contributed by atoms with Crippen LogP contribution in [0.25, 0.3) is 0 Å². The number of nitrogens with zero attached hydrogens (tertiary/aromatic N) is 1. The molecule has 3 rings (SSSR count). The van der Waals surface area contributed by atoms with Crippen LogP contribution in [0.5, 0.6) is 0 Å². The maximum absolute atomic E-state index is 12.2. The topological polar surface area (TPSA) is 61.4 Å². The summed E-state index contributed by atoms with van der Waals surface area (Å²) in [6, 6.07) is 9.95. The summed E-state index contributed by atoms with van der Waals surface area (Å²) in [5.74, 6) is -0.379. The Labute approximate surface area is 164 Å². The second kappa shape index (κ2) is 9.15. The highest BCUT2D eigenvalue weighted by molar-refractivity contribution is 7.10. The Morgan fingerprint density at radius 2 is 1.89 bits per heavy atom. The van der Waals surface area contributed by atoms with Gasteiger partial charge in [0.25, 0.3) is 5.91 Å². The van der Waals surface area contributed by atoms with Crippen LogP contribution in [0.1, 0.15) is 45.2 Å². The number of amides is 2. The normalized spacial score (nSPS) is 15.5. The molecule has 5 nitrogen and oxygen atoms in total. The summed E-state index contributed by atoms with van der Waals surface area (Å²) in [7, 11) is 0. The van der Waals surface area contributed by atoms with Gasteiger partial charge in [-0.2, -0.15) is 0 Å². The minimum atomic E-state index is -0.220. The first-order valence-corrected chi connectivity index (χ1v) is 10.3. The van der Waals surface area contributed by atoms with Crippen LogP contribution in [0.4, 0.5) is 0 Å². The molecular formula is C21H27N3O2S. The van der Waals surface area contributed by atoms with E-state index in [1.807, 2.05) is 26.0 Å². The number of carbonyl (C=O) groups excluding carboxylic acids is 2. The van der Waals surface area contributed by atoms with Crippen molar-refractivity contribution in [3.63, 3.8) is 0 Å². The minimum absolute atomic E-state index is 0.0110. The highest BCUT2D eigenvalue weighted by atomic mass is 32.1. The maximum Gasteiger partial charge on any atom is 0.251 e. The summed E-state index contributed by atoms with van der Waals surface area (Å²) < 4.78 is 0. The monoisotopic (exact) mass is 385 g/mol. The molecular weight excluding hydrogens is 358 g/mol. The van der Waals surface area contributed by atoms with Gasteiger partial charge in [-0.3, -0.25) is 14.5 Å². The van der Waals surface area contributed by atoms with Crippen molar-refractivity contribution >= 4 is 23.2 Å². The van der Waals surface area contributed by atoms with E-state index in [1.165, 1.54) is 17.7 Å². The molecule has 1 saturated heterocycles. The predicted octanol–water partition coefficient (Wildman–Crippen LogP) is 3.05. The first-order chi connectivity index (χ1) is 13.0. The Bertz CT molecular complexity index is 783. The van der Waals surface area contributed by atoms with Crippen molar-refractivity contribution < 1.29 is 9.59 Å². The third-order valence-corrected chi connectivity index (χ3v) is 6.10. The molecule has 0 bridgehead atoms. The first kappa shape index (κ1) is 19.6. The molecule has 1 fully saturated rings. The second-order valence-electron chi connectivity index (χ2n) is 7.06. The fourth-order valence-corrected chi connectivity index (χ4v) is 4.22. The summed E-state index contributed by atoms with van der Waals surface area (Å²) >= 11 is 1.72. The van der Waals surface area contributed by atoms with Crippen LogP contribution in [-0.2, 0) is 4.79 Å². The summed E-state index contributed by atoms with van der Waals surface area (Å²) in [6.07, 6.45) is 2.42. The summed E-state index contributed by atoms with van der Waals surface area (Å²) in [5.41, 5.74) is 2.79. The molecule has 144 valence electrons. The number of thiophene rings is 1. The molecule has 1 unspecified atom stereocenters. The highest BCUT2D eigenvalue weighted by Crippen LogP contribution is 2.27. The van der Waals surface area contributed by atoms with E-state index in [9.17, 15) is 9.59 Å². The van der Waals surface area contributed by atoms with E-state index in [-0.39, 0.29) is 24.4 Å². The lowest BCUT2D eigenvalue weighted by Gasteiger charge is -2.26. The van der Waals surface area contributed by atoms with Crippen LogP contribution >= 0.6 is 11.3 Å². The van der Waals surface area contributed by atoms with Crippen molar-refractivity contribution in [3.05, 3.63) is 57.3 Å². The molecule has 27 heavy (non-hydrogen) atoms. The molecule has 2 heterocycles. The van der Waals surface area contributed by atoms with Crippen LogP contribution in [0.15, 0.2) is 35.7 Å². The molecule has 1 aromatic carbocycles. The molecule has 1 atom stereocenters. The average Bonchev–Trinajstić information content (AvgIpc) is 3.36. The molecule has 1 aliphatic heterocycles. The zero-order chi connectivity index (χ0) is 19.2. The van der Waals surface area contributed by atoms with E-state index in [2.05, 4.69) is 33.0 Å². The third kappa shape index (κ3) is 5.17. The number of carbonyl (C=O) groups is 2. The van der Waals surface area contributed by atoms with Crippen molar-refractivity contribution in [3.8, 4) is 0 Å². The van der Waals surface area contributed by atoms with Crippen molar-refractivity contribution in [1.82, 2.24) is 15.5 Å². The summed E-state index contributed by atoms with van der Waals surface area (Å²) in [5, 5.41) is 7.77. The molecule has 2 N–H and O–H groups in total. The zero-order valence-corrected chi connectivity index (χ0v) is 16.8.